The minimum absolute atomic E-state index is 0. The number of anilines is 1. The maximum Gasteiger partial charge on any atom is 0.192 e. The zero-order valence-corrected chi connectivity index (χ0v) is 22.3. The predicted molar refractivity (Wildman–Crippen MR) is 146 cm³/mol. The average Bonchev–Trinajstić information content (AvgIpc) is 2.86. The summed E-state index contributed by atoms with van der Waals surface area (Å²) in [4.78, 5) is 18.8. The molecule has 0 atom stereocenters. The lowest BCUT2D eigenvalue weighted by Gasteiger charge is -2.35. The molecule has 1 aliphatic heterocycles. The molecule has 3 aromatic rings. The molecule has 4 rings (SSSR count). The number of nitrogens with one attached hydrogen (secondary N) is 2. The van der Waals surface area contributed by atoms with Crippen LogP contribution in [0.25, 0.3) is 22.4 Å². The van der Waals surface area contributed by atoms with Crippen LogP contribution in [0.1, 0.15) is 32.3 Å². The van der Waals surface area contributed by atoms with Crippen molar-refractivity contribution in [1.82, 2.24) is 10.3 Å². The molecule has 0 radical (unpaired) electrons. The number of nitrogens with zero attached hydrogens (tertiary/aromatic N) is 2. The second-order valence-electron chi connectivity index (χ2n) is 9.88. The van der Waals surface area contributed by atoms with Crippen molar-refractivity contribution in [2.75, 3.05) is 31.6 Å². The van der Waals surface area contributed by atoms with Gasteiger partial charge in [0.25, 0.3) is 0 Å². The molecule has 0 saturated carbocycles. The number of aromatic nitrogens is 1. The van der Waals surface area contributed by atoms with Gasteiger partial charge in [0.15, 0.2) is 17.0 Å². The number of hydrogen-bond donors (Lipinski definition) is 3. The van der Waals surface area contributed by atoms with Crippen LogP contribution in [0.4, 0.5) is 14.6 Å². The molecule has 7 nitrogen and oxygen atoms in total. The fourth-order valence-electron chi connectivity index (χ4n) is 4.52. The predicted octanol–water partition coefficient (Wildman–Crippen LogP) is 4.62. The molecule has 0 unspecified atom stereocenters. The Kier molecular flexibility index (Phi) is 9.15. The summed E-state index contributed by atoms with van der Waals surface area (Å²) in [6, 6.07) is 11.9. The zero-order valence-electron chi connectivity index (χ0n) is 21.5. The van der Waals surface area contributed by atoms with E-state index >= 15 is 0 Å². The summed E-state index contributed by atoms with van der Waals surface area (Å²) in [6.45, 7) is 5.32. The van der Waals surface area contributed by atoms with E-state index < -0.39 is 17.2 Å². The van der Waals surface area contributed by atoms with E-state index in [1.54, 1.807) is 32.0 Å². The van der Waals surface area contributed by atoms with Crippen molar-refractivity contribution in [3.63, 3.8) is 0 Å². The second kappa shape index (κ2) is 11.9. The molecule has 10 heteroatoms. The third-order valence-corrected chi connectivity index (χ3v) is 6.49. The number of hydrogen-bond acceptors (Lipinski definition) is 6. The Hall–Kier alpha value is -3.45. The van der Waals surface area contributed by atoms with Crippen molar-refractivity contribution >= 4 is 18.2 Å². The van der Waals surface area contributed by atoms with Gasteiger partial charge in [-0.1, -0.05) is 12.1 Å². The van der Waals surface area contributed by atoms with Crippen LogP contribution < -0.4 is 20.4 Å². The molecule has 1 saturated heterocycles. The van der Waals surface area contributed by atoms with E-state index in [1.165, 1.54) is 37.4 Å². The lowest BCUT2D eigenvalue weighted by Crippen LogP contribution is -2.47. The van der Waals surface area contributed by atoms with E-state index in [-0.39, 0.29) is 40.8 Å². The van der Waals surface area contributed by atoms with Gasteiger partial charge >= 0.3 is 0 Å². The first kappa shape index (κ1) is 29.1. The third-order valence-electron chi connectivity index (χ3n) is 6.49. The number of benzene rings is 2. The first-order valence-electron chi connectivity index (χ1n) is 12.1. The van der Waals surface area contributed by atoms with E-state index in [4.69, 9.17) is 10.00 Å². The van der Waals surface area contributed by atoms with Gasteiger partial charge in [0.1, 0.15) is 17.7 Å². The second-order valence-corrected chi connectivity index (χ2v) is 9.88. The van der Waals surface area contributed by atoms with Gasteiger partial charge in [0, 0.05) is 37.3 Å². The Balaban J connectivity index is 0.00000400. The molecular formula is C28H31ClF2N4O3. The fraction of sp³-hybridized carbons (Fsp3) is 0.357. The lowest BCUT2D eigenvalue weighted by atomic mass is 9.97. The lowest BCUT2D eigenvalue weighted by molar-refractivity contribution is 0.0752. The molecule has 3 N–H and O–H groups in total. The highest BCUT2D eigenvalue weighted by Gasteiger charge is 2.24. The van der Waals surface area contributed by atoms with Crippen LogP contribution in [0, 0.1) is 23.0 Å². The number of rotatable bonds is 7. The Morgan fingerprint density at radius 3 is 2.37 bits per heavy atom. The van der Waals surface area contributed by atoms with E-state index in [9.17, 15) is 18.7 Å². The number of nitriles is 1. The summed E-state index contributed by atoms with van der Waals surface area (Å²) in [7, 11) is 1.36. The van der Waals surface area contributed by atoms with Crippen molar-refractivity contribution in [2.24, 2.45) is 0 Å². The maximum atomic E-state index is 14.6. The largest absolute Gasteiger partial charge is 0.494 e. The number of piperidine rings is 1. The van der Waals surface area contributed by atoms with E-state index in [0.717, 1.165) is 12.8 Å². The van der Waals surface area contributed by atoms with Crippen LogP contribution in [-0.4, -0.2) is 48.5 Å². The molecule has 0 bridgehead atoms. The molecule has 1 aromatic heterocycles. The number of ether oxygens (including phenoxy) is 1. The van der Waals surface area contributed by atoms with Crippen molar-refractivity contribution < 1.29 is 18.6 Å². The summed E-state index contributed by atoms with van der Waals surface area (Å²) < 4.78 is 34.1. The molecule has 2 aromatic carbocycles. The van der Waals surface area contributed by atoms with E-state index in [1.807, 2.05) is 4.90 Å². The van der Waals surface area contributed by atoms with Crippen LogP contribution in [0.15, 0.2) is 47.3 Å². The molecule has 2 heterocycles. The first-order valence-corrected chi connectivity index (χ1v) is 12.1. The summed E-state index contributed by atoms with van der Waals surface area (Å²) in [6.07, 6.45) is 1.62. The maximum absolute atomic E-state index is 14.6. The van der Waals surface area contributed by atoms with Crippen LogP contribution in [0.2, 0.25) is 0 Å². The molecular weight excluding hydrogens is 514 g/mol. The summed E-state index contributed by atoms with van der Waals surface area (Å²) >= 11 is 0. The Morgan fingerprint density at radius 2 is 1.79 bits per heavy atom. The van der Waals surface area contributed by atoms with Crippen LogP contribution in [-0.2, 0) is 0 Å². The first-order chi connectivity index (χ1) is 17.6. The average molecular weight is 545 g/mol. The number of aliphatic hydroxyl groups is 1. The van der Waals surface area contributed by atoms with Crippen molar-refractivity contribution in [1.29, 1.82) is 5.26 Å². The van der Waals surface area contributed by atoms with E-state index in [2.05, 4.69) is 10.3 Å². The summed E-state index contributed by atoms with van der Waals surface area (Å²) in [5.74, 6) is -0.717. The number of methoxy groups -OCH3 is 1. The quantitative estimate of drug-likeness (QED) is 0.401. The van der Waals surface area contributed by atoms with Crippen LogP contribution in [0.5, 0.6) is 5.75 Å². The van der Waals surface area contributed by atoms with Crippen molar-refractivity contribution in [3.8, 4) is 34.2 Å². The molecule has 0 amide bonds. The SMILES string of the molecule is COc1ccc(-c2c(-c3ccc(C#N)c(F)c3)[nH]c(N3CCC(NCC(C)(C)O)CC3)cc2=O)cc1F.Cl. The van der Waals surface area contributed by atoms with Crippen molar-refractivity contribution in [2.45, 2.75) is 38.3 Å². The Morgan fingerprint density at radius 1 is 1.13 bits per heavy atom. The standard InChI is InChI=1S/C28H30F2N4O3.ClH/c1-28(2,36)16-32-20-8-10-34(11-9-20)25-14-23(35)26(17-6-7-24(37-3)22(30)12-17)27(33-25)18-4-5-19(15-31)21(29)13-18;/h4-7,12-14,20,32,36H,8-11,16H2,1-3H3,(H,33,35);1H. The fourth-order valence-corrected chi connectivity index (χ4v) is 4.52. The zero-order chi connectivity index (χ0) is 26.7. The molecule has 202 valence electrons. The van der Waals surface area contributed by atoms with E-state index in [0.29, 0.717) is 42.3 Å². The number of H-pyrrole nitrogens is 1. The topological polar surface area (TPSA) is 101 Å². The van der Waals surface area contributed by atoms with Crippen LogP contribution in [0.3, 0.4) is 0 Å². The van der Waals surface area contributed by atoms with Gasteiger partial charge in [-0.2, -0.15) is 5.26 Å². The van der Waals surface area contributed by atoms with Gasteiger partial charge in [0.05, 0.1) is 29.5 Å². The van der Waals surface area contributed by atoms with Gasteiger partial charge < -0.3 is 25.0 Å². The van der Waals surface area contributed by atoms with Gasteiger partial charge in [-0.05, 0) is 56.5 Å². The highest BCUT2D eigenvalue weighted by molar-refractivity contribution is 5.85. The van der Waals surface area contributed by atoms with Gasteiger partial charge in [-0.25, -0.2) is 8.78 Å². The number of pyridine rings is 1. The van der Waals surface area contributed by atoms with Crippen molar-refractivity contribution in [3.05, 3.63) is 69.9 Å². The summed E-state index contributed by atoms with van der Waals surface area (Å²) in [5.41, 5.74) is -0.0531. The van der Waals surface area contributed by atoms with Gasteiger partial charge in [-0.3, -0.25) is 4.79 Å². The van der Waals surface area contributed by atoms with Gasteiger partial charge in [0.2, 0.25) is 0 Å². The van der Waals surface area contributed by atoms with Crippen LogP contribution >= 0.6 is 12.4 Å². The molecule has 1 fully saturated rings. The monoisotopic (exact) mass is 544 g/mol. The third kappa shape index (κ3) is 6.51. The minimum atomic E-state index is -0.801. The molecule has 1 aliphatic rings. The number of aromatic amines is 1. The molecule has 38 heavy (non-hydrogen) atoms. The normalized spacial score (nSPS) is 14.1. The van der Waals surface area contributed by atoms with Gasteiger partial charge in [-0.15, -0.1) is 12.4 Å². The minimum Gasteiger partial charge on any atom is -0.494 e. The highest BCUT2D eigenvalue weighted by Crippen LogP contribution is 2.33. The molecule has 0 aliphatic carbocycles. The Bertz CT molecular complexity index is 1390. The molecule has 0 spiro atoms. The smallest absolute Gasteiger partial charge is 0.192 e. The Labute approximate surface area is 226 Å². The number of halogens is 3. The summed E-state index contributed by atoms with van der Waals surface area (Å²) in [5, 5.41) is 22.5. The highest BCUT2D eigenvalue weighted by atomic mass is 35.5.